The van der Waals surface area contributed by atoms with Gasteiger partial charge in [0.05, 0.1) is 0 Å². The molecule has 0 saturated heterocycles. The second-order valence-corrected chi connectivity index (χ2v) is 6.44. The van der Waals surface area contributed by atoms with Crippen LogP contribution in [0.15, 0.2) is 23.8 Å². The van der Waals surface area contributed by atoms with E-state index in [9.17, 15) is 4.79 Å². The van der Waals surface area contributed by atoms with Gasteiger partial charge in [0.25, 0.3) is 0 Å². The van der Waals surface area contributed by atoms with Gasteiger partial charge in [-0.05, 0) is 57.8 Å². The van der Waals surface area contributed by atoms with Crippen LogP contribution < -0.4 is 0 Å². The van der Waals surface area contributed by atoms with Crippen LogP contribution in [0.4, 0.5) is 0 Å². The first kappa shape index (κ1) is 15.3. The average molecular weight is 275 g/mol. The van der Waals surface area contributed by atoms with Crippen LogP contribution in [0.1, 0.15) is 58.8 Å². The third-order valence-corrected chi connectivity index (χ3v) is 4.08. The fourth-order valence-corrected chi connectivity index (χ4v) is 2.51. The second kappa shape index (κ2) is 7.66. The summed E-state index contributed by atoms with van der Waals surface area (Å²) in [6, 6.07) is 0. The molecule has 0 atom stereocenters. The standard InChI is InChI=1S/C18H29NO/c1-3-4-5-6-7-8-15(2)13-19(14-16-9-10-16)18(20)17-11-12-17/h4-5,8,16-17H,3,6-7,9-14H2,1-2H3/b5-4-,15-8+. The minimum Gasteiger partial charge on any atom is -0.338 e. The Morgan fingerprint density at radius 2 is 1.90 bits per heavy atom. The topological polar surface area (TPSA) is 20.3 Å². The molecule has 0 spiro atoms. The van der Waals surface area contributed by atoms with Crippen molar-refractivity contribution < 1.29 is 4.79 Å². The molecule has 2 heteroatoms. The molecule has 0 N–H and O–H groups in total. The first-order chi connectivity index (χ1) is 9.70. The predicted octanol–water partition coefficient (Wildman–Crippen LogP) is 4.33. The highest BCUT2D eigenvalue weighted by molar-refractivity contribution is 5.81. The summed E-state index contributed by atoms with van der Waals surface area (Å²) in [5.41, 5.74) is 1.35. The molecule has 2 nitrogen and oxygen atoms in total. The molecule has 2 fully saturated rings. The van der Waals surface area contributed by atoms with E-state index < -0.39 is 0 Å². The van der Waals surface area contributed by atoms with Crippen LogP contribution in [-0.2, 0) is 4.79 Å². The smallest absolute Gasteiger partial charge is 0.225 e. The van der Waals surface area contributed by atoms with Crippen LogP contribution >= 0.6 is 0 Å². The van der Waals surface area contributed by atoms with Gasteiger partial charge >= 0.3 is 0 Å². The Labute approximate surface area is 123 Å². The lowest BCUT2D eigenvalue weighted by Gasteiger charge is -2.23. The van der Waals surface area contributed by atoms with E-state index in [1.54, 1.807) is 0 Å². The van der Waals surface area contributed by atoms with Gasteiger partial charge in [-0.2, -0.15) is 0 Å². The van der Waals surface area contributed by atoms with Gasteiger partial charge in [-0.25, -0.2) is 0 Å². The van der Waals surface area contributed by atoms with E-state index in [-0.39, 0.29) is 0 Å². The number of allylic oxidation sites excluding steroid dienone is 3. The molecule has 0 heterocycles. The van der Waals surface area contributed by atoms with Crippen molar-refractivity contribution in [3.63, 3.8) is 0 Å². The maximum Gasteiger partial charge on any atom is 0.225 e. The first-order valence-corrected chi connectivity index (χ1v) is 8.30. The Morgan fingerprint density at radius 3 is 2.50 bits per heavy atom. The molecule has 0 aromatic rings. The van der Waals surface area contributed by atoms with Crippen LogP contribution in [0.3, 0.4) is 0 Å². The maximum absolute atomic E-state index is 12.3. The zero-order valence-electron chi connectivity index (χ0n) is 13.1. The van der Waals surface area contributed by atoms with Gasteiger partial charge < -0.3 is 4.90 Å². The van der Waals surface area contributed by atoms with Gasteiger partial charge in [0.15, 0.2) is 0 Å². The number of hydrogen-bond acceptors (Lipinski definition) is 1. The fourth-order valence-electron chi connectivity index (χ4n) is 2.51. The van der Waals surface area contributed by atoms with Crippen molar-refractivity contribution in [3.05, 3.63) is 23.8 Å². The summed E-state index contributed by atoms with van der Waals surface area (Å²) in [5, 5.41) is 0. The van der Waals surface area contributed by atoms with Gasteiger partial charge in [0, 0.05) is 19.0 Å². The summed E-state index contributed by atoms with van der Waals surface area (Å²) in [7, 11) is 0. The lowest BCUT2D eigenvalue weighted by Crippen LogP contribution is -2.35. The number of amides is 1. The van der Waals surface area contributed by atoms with Crippen molar-refractivity contribution in [2.75, 3.05) is 13.1 Å². The Balaban J connectivity index is 1.77. The number of carbonyl (C=O) groups excluding carboxylic acids is 1. The van der Waals surface area contributed by atoms with Crippen LogP contribution in [0.2, 0.25) is 0 Å². The molecule has 20 heavy (non-hydrogen) atoms. The molecule has 0 radical (unpaired) electrons. The molecular weight excluding hydrogens is 246 g/mol. The van der Waals surface area contributed by atoms with Crippen LogP contribution in [0, 0.1) is 11.8 Å². The highest BCUT2D eigenvalue weighted by Crippen LogP contribution is 2.34. The molecule has 0 bridgehead atoms. The number of rotatable bonds is 9. The minimum absolute atomic E-state index is 0.356. The van der Waals surface area contributed by atoms with E-state index >= 15 is 0 Å². The summed E-state index contributed by atoms with van der Waals surface area (Å²) in [6.07, 6.45) is 15.0. The Hall–Kier alpha value is -1.05. The third-order valence-electron chi connectivity index (χ3n) is 4.08. The van der Waals surface area contributed by atoms with Gasteiger partial charge in [0.1, 0.15) is 0 Å². The summed E-state index contributed by atoms with van der Waals surface area (Å²) >= 11 is 0. The minimum atomic E-state index is 0.356. The molecule has 2 rings (SSSR count). The van der Waals surface area contributed by atoms with Gasteiger partial charge in [-0.3, -0.25) is 4.79 Å². The molecule has 2 saturated carbocycles. The summed E-state index contributed by atoms with van der Waals surface area (Å²) in [4.78, 5) is 14.4. The van der Waals surface area contributed by atoms with Crippen molar-refractivity contribution >= 4 is 5.91 Å². The van der Waals surface area contributed by atoms with Gasteiger partial charge in [0.2, 0.25) is 5.91 Å². The van der Waals surface area contributed by atoms with E-state index in [1.165, 1.54) is 18.4 Å². The highest BCUT2D eigenvalue weighted by atomic mass is 16.2. The van der Waals surface area contributed by atoms with Crippen LogP contribution in [0.25, 0.3) is 0 Å². The monoisotopic (exact) mass is 275 g/mol. The summed E-state index contributed by atoms with van der Waals surface area (Å²) < 4.78 is 0. The number of unbranched alkanes of at least 4 members (excludes halogenated alkanes) is 1. The van der Waals surface area contributed by atoms with E-state index in [2.05, 4.69) is 37.0 Å². The van der Waals surface area contributed by atoms with E-state index in [0.717, 1.165) is 51.1 Å². The van der Waals surface area contributed by atoms with Crippen molar-refractivity contribution in [1.82, 2.24) is 4.90 Å². The molecule has 0 aliphatic heterocycles. The zero-order chi connectivity index (χ0) is 14.4. The van der Waals surface area contributed by atoms with Crippen LogP contribution in [-0.4, -0.2) is 23.9 Å². The Bertz CT molecular complexity index is 375. The fraction of sp³-hybridized carbons (Fsp3) is 0.722. The molecule has 1 amide bonds. The van der Waals surface area contributed by atoms with Crippen molar-refractivity contribution in [2.24, 2.45) is 11.8 Å². The van der Waals surface area contributed by atoms with Crippen molar-refractivity contribution in [2.45, 2.75) is 58.8 Å². The van der Waals surface area contributed by atoms with E-state index in [0.29, 0.717) is 11.8 Å². The molecular formula is C18H29NO. The Kier molecular flexibility index (Phi) is 5.87. The van der Waals surface area contributed by atoms with Gasteiger partial charge in [-0.1, -0.05) is 30.7 Å². The number of nitrogens with zero attached hydrogens (tertiary/aromatic N) is 1. The quantitative estimate of drug-likeness (QED) is 0.453. The van der Waals surface area contributed by atoms with Crippen LogP contribution in [0.5, 0.6) is 0 Å². The first-order valence-electron chi connectivity index (χ1n) is 8.30. The predicted molar refractivity (Wildman–Crippen MR) is 84.5 cm³/mol. The number of carbonyl (C=O) groups is 1. The molecule has 0 aromatic heterocycles. The summed E-state index contributed by atoms with van der Waals surface area (Å²) in [6.45, 7) is 6.18. The van der Waals surface area contributed by atoms with Crippen molar-refractivity contribution in [3.8, 4) is 0 Å². The number of hydrogen-bond donors (Lipinski definition) is 0. The Morgan fingerprint density at radius 1 is 1.15 bits per heavy atom. The highest BCUT2D eigenvalue weighted by Gasteiger charge is 2.35. The second-order valence-electron chi connectivity index (χ2n) is 6.44. The van der Waals surface area contributed by atoms with Gasteiger partial charge in [-0.15, -0.1) is 0 Å². The van der Waals surface area contributed by atoms with Crippen molar-refractivity contribution in [1.29, 1.82) is 0 Å². The molecule has 2 aliphatic carbocycles. The maximum atomic E-state index is 12.3. The zero-order valence-corrected chi connectivity index (χ0v) is 13.1. The van der Waals surface area contributed by atoms with E-state index in [1.807, 2.05) is 0 Å². The van der Waals surface area contributed by atoms with E-state index in [4.69, 9.17) is 0 Å². The lowest BCUT2D eigenvalue weighted by molar-refractivity contribution is -0.132. The third kappa shape index (κ3) is 5.52. The molecule has 2 aliphatic rings. The largest absolute Gasteiger partial charge is 0.338 e. The molecule has 0 unspecified atom stereocenters. The SMILES string of the molecule is CC/C=C\CC/C=C(\C)CN(CC1CC1)C(=O)C1CC1. The lowest BCUT2D eigenvalue weighted by atomic mass is 10.1. The normalized spacial score (nSPS) is 19.6. The average Bonchev–Trinajstić information content (AvgIpc) is 3.29. The molecule has 0 aromatic carbocycles. The summed E-state index contributed by atoms with van der Waals surface area (Å²) in [5.74, 6) is 1.56. The molecule has 112 valence electrons.